The molecule has 92 valence electrons. The quantitative estimate of drug-likeness (QED) is 0.775. The SMILES string of the molecule is Cc1nccc([C@H]2CN(CC(N)=O)CCO2)n1. The number of nitrogens with two attached hydrogens (primary N) is 1. The molecule has 0 saturated carbocycles. The zero-order valence-electron chi connectivity index (χ0n) is 9.80. The molecular formula is C11H16N4O2. The highest BCUT2D eigenvalue weighted by Crippen LogP contribution is 2.19. The van der Waals surface area contributed by atoms with Gasteiger partial charge in [-0.25, -0.2) is 9.97 Å². The minimum Gasteiger partial charge on any atom is -0.369 e. The lowest BCUT2D eigenvalue weighted by molar-refractivity contribution is -0.121. The highest BCUT2D eigenvalue weighted by molar-refractivity contribution is 5.75. The number of carbonyl (C=O) groups excluding carboxylic acids is 1. The monoisotopic (exact) mass is 236 g/mol. The molecule has 1 aliphatic heterocycles. The van der Waals surface area contributed by atoms with Crippen molar-refractivity contribution in [2.75, 3.05) is 26.2 Å². The lowest BCUT2D eigenvalue weighted by Crippen LogP contribution is -2.43. The lowest BCUT2D eigenvalue weighted by Gasteiger charge is -2.31. The van der Waals surface area contributed by atoms with Crippen LogP contribution in [0.2, 0.25) is 0 Å². The smallest absolute Gasteiger partial charge is 0.231 e. The minimum atomic E-state index is -0.315. The number of hydrogen-bond acceptors (Lipinski definition) is 5. The third-order valence-corrected chi connectivity index (χ3v) is 2.66. The van der Waals surface area contributed by atoms with E-state index in [1.165, 1.54) is 0 Å². The molecule has 2 heterocycles. The number of morpholine rings is 1. The number of primary amides is 1. The Morgan fingerprint density at radius 3 is 3.24 bits per heavy atom. The molecule has 1 atom stereocenters. The van der Waals surface area contributed by atoms with Crippen molar-refractivity contribution in [2.24, 2.45) is 5.73 Å². The highest BCUT2D eigenvalue weighted by Gasteiger charge is 2.23. The molecule has 1 aliphatic rings. The van der Waals surface area contributed by atoms with Crippen LogP contribution in [0.3, 0.4) is 0 Å². The van der Waals surface area contributed by atoms with Gasteiger partial charge >= 0.3 is 0 Å². The molecule has 2 rings (SSSR count). The van der Waals surface area contributed by atoms with Crippen molar-refractivity contribution < 1.29 is 9.53 Å². The highest BCUT2D eigenvalue weighted by atomic mass is 16.5. The molecule has 2 N–H and O–H groups in total. The van der Waals surface area contributed by atoms with E-state index >= 15 is 0 Å². The van der Waals surface area contributed by atoms with Crippen LogP contribution in [0.15, 0.2) is 12.3 Å². The standard InChI is InChI=1S/C11H16N4O2/c1-8-13-3-2-9(14-8)10-6-15(4-5-17-10)7-11(12)16/h2-3,10H,4-7H2,1H3,(H2,12,16)/t10-/m1/s1. The van der Waals surface area contributed by atoms with Crippen molar-refractivity contribution in [2.45, 2.75) is 13.0 Å². The van der Waals surface area contributed by atoms with E-state index in [0.29, 0.717) is 13.2 Å². The molecule has 0 bridgehead atoms. The van der Waals surface area contributed by atoms with Crippen LogP contribution in [-0.2, 0) is 9.53 Å². The first-order valence-corrected chi connectivity index (χ1v) is 5.57. The molecule has 1 aromatic rings. The van der Waals surface area contributed by atoms with E-state index in [0.717, 1.165) is 18.1 Å². The molecule has 0 aromatic carbocycles. The molecule has 0 aliphatic carbocycles. The van der Waals surface area contributed by atoms with E-state index in [2.05, 4.69) is 9.97 Å². The van der Waals surface area contributed by atoms with Crippen LogP contribution in [0, 0.1) is 6.92 Å². The Morgan fingerprint density at radius 2 is 2.53 bits per heavy atom. The van der Waals surface area contributed by atoms with Crippen molar-refractivity contribution in [3.8, 4) is 0 Å². The van der Waals surface area contributed by atoms with Gasteiger partial charge in [-0.1, -0.05) is 0 Å². The molecule has 1 amide bonds. The Kier molecular flexibility index (Phi) is 3.65. The topological polar surface area (TPSA) is 81.3 Å². The third-order valence-electron chi connectivity index (χ3n) is 2.66. The average Bonchev–Trinajstić information content (AvgIpc) is 2.28. The second-order valence-corrected chi connectivity index (χ2v) is 4.09. The summed E-state index contributed by atoms with van der Waals surface area (Å²) in [7, 11) is 0. The Morgan fingerprint density at radius 1 is 1.71 bits per heavy atom. The van der Waals surface area contributed by atoms with Crippen LogP contribution < -0.4 is 5.73 Å². The molecule has 17 heavy (non-hydrogen) atoms. The first-order chi connectivity index (χ1) is 8.15. The van der Waals surface area contributed by atoms with E-state index < -0.39 is 0 Å². The Labute approximate surface area is 99.8 Å². The van der Waals surface area contributed by atoms with E-state index in [-0.39, 0.29) is 18.6 Å². The van der Waals surface area contributed by atoms with Gasteiger partial charge in [0.25, 0.3) is 0 Å². The van der Waals surface area contributed by atoms with Gasteiger partial charge in [0.05, 0.1) is 18.8 Å². The van der Waals surface area contributed by atoms with Gasteiger partial charge in [0.15, 0.2) is 0 Å². The number of hydrogen-bond donors (Lipinski definition) is 1. The fourth-order valence-electron chi connectivity index (χ4n) is 1.90. The maximum absolute atomic E-state index is 10.9. The van der Waals surface area contributed by atoms with Crippen LogP contribution >= 0.6 is 0 Å². The number of aromatic nitrogens is 2. The van der Waals surface area contributed by atoms with Gasteiger partial charge in [-0.05, 0) is 13.0 Å². The molecule has 1 fully saturated rings. The Hall–Kier alpha value is -1.53. The molecule has 0 radical (unpaired) electrons. The van der Waals surface area contributed by atoms with Crippen LogP contribution in [0.25, 0.3) is 0 Å². The summed E-state index contributed by atoms with van der Waals surface area (Å²) in [4.78, 5) is 21.2. The second-order valence-electron chi connectivity index (χ2n) is 4.09. The van der Waals surface area contributed by atoms with Gasteiger partial charge in [0.1, 0.15) is 11.9 Å². The van der Waals surface area contributed by atoms with Crippen LogP contribution in [0.5, 0.6) is 0 Å². The normalized spacial score (nSPS) is 21.4. The van der Waals surface area contributed by atoms with Gasteiger partial charge in [-0.3, -0.25) is 9.69 Å². The molecular weight excluding hydrogens is 220 g/mol. The zero-order valence-corrected chi connectivity index (χ0v) is 9.80. The summed E-state index contributed by atoms with van der Waals surface area (Å²) in [6.07, 6.45) is 1.61. The maximum atomic E-state index is 10.9. The molecule has 1 saturated heterocycles. The lowest BCUT2D eigenvalue weighted by atomic mass is 10.2. The van der Waals surface area contributed by atoms with E-state index in [1.807, 2.05) is 17.9 Å². The fourth-order valence-corrected chi connectivity index (χ4v) is 1.90. The predicted molar refractivity (Wildman–Crippen MR) is 61.1 cm³/mol. The number of carbonyl (C=O) groups is 1. The van der Waals surface area contributed by atoms with E-state index in [1.54, 1.807) is 6.20 Å². The van der Waals surface area contributed by atoms with Gasteiger partial charge in [0.2, 0.25) is 5.91 Å². The van der Waals surface area contributed by atoms with Crippen LogP contribution in [-0.4, -0.2) is 47.0 Å². The summed E-state index contributed by atoms with van der Waals surface area (Å²) in [5.41, 5.74) is 6.04. The van der Waals surface area contributed by atoms with Gasteiger partial charge in [0, 0.05) is 19.3 Å². The summed E-state index contributed by atoms with van der Waals surface area (Å²) >= 11 is 0. The fraction of sp³-hybridized carbons (Fsp3) is 0.545. The number of ether oxygens (including phenoxy) is 1. The number of aryl methyl sites for hydroxylation is 1. The van der Waals surface area contributed by atoms with Gasteiger partial charge in [-0.15, -0.1) is 0 Å². The predicted octanol–water partition coefficient (Wildman–Crippen LogP) is -0.356. The Balaban J connectivity index is 2.04. The average molecular weight is 236 g/mol. The maximum Gasteiger partial charge on any atom is 0.231 e. The molecule has 6 heteroatoms. The molecule has 1 aromatic heterocycles. The van der Waals surface area contributed by atoms with Crippen molar-refractivity contribution in [1.82, 2.24) is 14.9 Å². The zero-order chi connectivity index (χ0) is 12.3. The van der Waals surface area contributed by atoms with Crippen molar-refractivity contribution in [3.63, 3.8) is 0 Å². The van der Waals surface area contributed by atoms with Crippen molar-refractivity contribution >= 4 is 5.91 Å². The summed E-state index contributed by atoms with van der Waals surface area (Å²) in [6.45, 7) is 4.06. The minimum absolute atomic E-state index is 0.107. The summed E-state index contributed by atoms with van der Waals surface area (Å²) in [5, 5.41) is 0. The largest absolute Gasteiger partial charge is 0.369 e. The van der Waals surface area contributed by atoms with Crippen LogP contribution in [0.4, 0.5) is 0 Å². The number of amides is 1. The summed E-state index contributed by atoms with van der Waals surface area (Å²) in [5.74, 6) is 0.405. The molecule has 0 spiro atoms. The number of nitrogens with zero attached hydrogens (tertiary/aromatic N) is 3. The first kappa shape index (κ1) is 11.9. The Bertz CT molecular complexity index is 410. The second kappa shape index (κ2) is 5.20. The van der Waals surface area contributed by atoms with E-state index in [9.17, 15) is 4.79 Å². The number of rotatable bonds is 3. The van der Waals surface area contributed by atoms with Crippen molar-refractivity contribution in [3.05, 3.63) is 23.8 Å². The third kappa shape index (κ3) is 3.21. The first-order valence-electron chi connectivity index (χ1n) is 5.57. The summed E-state index contributed by atoms with van der Waals surface area (Å²) in [6, 6.07) is 1.84. The van der Waals surface area contributed by atoms with Gasteiger partial charge < -0.3 is 10.5 Å². The molecule has 0 unspecified atom stereocenters. The molecule has 6 nitrogen and oxygen atoms in total. The van der Waals surface area contributed by atoms with Gasteiger partial charge in [-0.2, -0.15) is 0 Å². The van der Waals surface area contributed by atoms with E-state index in [4.69, 9.17) is 10.5 Å². The van der Waals surface area contributed by atoms with Crippen molar-refractivity contribution in [1.29, 1.82) is 0 Å². The summed E-state index contributed by atoms with van der Waals surface area (Å²) < 4.78 is 5.65. The van der Waals surface area contributed by atoms with Crippen LogP contribution in [0.1, 0.15) is 17.6 Å².